The van der Waals surface area contributed by atoms with Crippen molar-refractivity contribution < 1.29 is 28.9 Å². The number of carbonyl (C=O) groups excluding carboxylic acids is 2. The number of thiazole rings is 1. The number of ketones is 1. The molecule has 0 aliphatic carbocycles. The van der Waals surface area contributed by atoms with Crippen LogP contribution < -0.4 is 19.1 Å². The molecule has 4 aromatic rings. The van der Waals surface area contributed by atoms with Crippen LogP contribution in [-0.2, 0) is 9.59 Å². The molecule has 42 heavy (non-hydrogen) atoms. The normalized spacial score (nSPS) is 16.3. The number of Topliss-reactive ketones (excluding diaryl/α,β-unsaturated/α-hetero) is 1. The maximum atomic E-state index is 13.7. The summed E-state index contributed by atoms with van der Waals surface area (Å²) in [6.07, 6.45) is 1.89. The SMILES string of the molecule is CCCCOc1ccc(C2C(=C(O)c3ccc(C)cc3)C(=O)C(=O)N2c2nc3ccc(OCC)cc3s2)cc1OCC. The van der Waals surface area contributed by atoms with Crippen LogP contribution in [0, 0.1) is 6.92 Å². The second-order valence-corrected chi connectivity index (χ2v) is 10.9. The smallest absolute Gasteiger partial charge is 0.301 e. The minimum absolute atomic E-state index is 0.0137. The lowest BCUT2D eigenvalue weighted by molar-refractivity contribution is -0.132. The number of hydrogen-bond donors (Lipinski definition) is 1. The van der Waals surface area contributed by atoms with Crippen LogP contribution in [0.15, 0.2) is 66.2 Å². The van der Waals surface area contributed by atoms with Gasteiger partial charge in [-0.3, -0.25) is 14.5 Å². The van der Waals surface area contributed by atoms with E-state index in [1.165, 1.54) is 16.2 Å². The van der Waals surface area contributed by atoms with Gasteiger partial charge in [-0.05, 0) is 63.1 Å². The van der Waals surface area contributed by atoms with Crippen LogP contribution in [0.5, 0.6) is 17.2 Å². The molecule has 1 saturated heterocycles. The average molecular weight is 587 g/mol. The van der Waals surface area contributed by atoms with Gasteiger partial charge in [-0.25, -0.2) is 4.98 Å². The van der Waals surface area contributed by atoms with Crippen LogP contribution >= 0.6 is 11.3 Å². The van der Waals surface area contributed by atoms with Crippen LogP contribution in [0.2, 0.25) is 0 Å². The van der Waals surface area contributed by atoms with E-state index < -0.39 is 17.7 Å². The van der Waals surface area contributed by atoms with E-state index in [1.54, 1.807) is 30.3 Å². The first-order chi connectivity index (χ1) is 20.4. The van der Waals surface area contributed by atoms with E-state index in [0.717, 1.165) is 23.1 Å². The zero-order valence-corrected chi connectivity index (χ0v) is 25.0. The molecule has 2 heterocycles. The van der Waals surface area contributed by atoms with E-state index in [2.05, 4.69) is 6.92 Å². The molecule has 1 unspecified atom stereocenters. The van der Waals surface area contributed by atoms with Gasteiger partial charge in [0, 0.05) is 5.56 Å². The number of ether oxygens (including phenoxy) is 3. The molecule has 9 heteroatoms. The maximum Gasteiger partial charge on any atom is 0.301 e. The van der Waals surface area contributed by atoms with Crippen molar-refractivity contribution in [2.75, 3.05) is 24.7 Å². The van der Waals surface area contributed by atoms with E-state index in [4.69, 9.17) is 19.2 Å². The highest BCUT2D eigenvalue weighted by molar-refractivity contribution is 7.22. The topological polar surface area (TPSA) is 98.2 Å². The summed E-state index contributed by atoms with van der Waals surface area (Å²) in [6, 6.07) is 17.1. The Morgan fingerprint density at radius 3 is 2.40 bits per heavy atom. The highest BCUT2D eigenvalue weighted by atomic mass is 32.1. The predicted octanol–water partition coefficient (Wildman–Crippen LogP) is 7.21. The molecule has 0 radical (unpaired) electrons. The standard InChI is InChI=1S/C33H34N2O6S/c1-5-8-17-41-25-16-13-22(18-26(25)40-7-3)29-28(30(36)21-11-9-20(4)10-12-21)31(37)32(38)35(29)33-34-24-15-14-23(39-6-2)19-27(24)42-33/h9-16,18-19,29,36H,5-8,17H2,1-4H3. The van der Waals surface area contributed by atoms with Crippen molar-refractivity contribution in [1.82, 2.24) is 4.98 Å². The number of fused-ring (bicyclic) bond motifs is 1. The molecule has 1 aliphatic heterocycles. The van der Waals surface area contributed by atoms with Crippen molar-refractivity contribution in [3.8, 4) is 17.2 Å². The molecule has 0 bridgehead atoms. The summed E-state index contributed by atoms with van der Waals surface area (Å²) in [5, 5.41) is 11.8. The van der Waals surface area contributed by atoms with E-state index in [1.807, 2.05) is 51.1 Å². The van der Waals surface area contributed by atoms with E-state index in [-0.39, 0.29) is 11.3 Å². The van der Waals surface area contributed by atoms with Gasteiger partial charge in [0.05, 0.1) is 41.7 Å². The average Bonchev–Trinajstić information content (AvgIpc) is 3.51. The summed E-state index contributed by atoms with van der Waals surface area (Å²) in [4.78, 5) is 33.4. The Morgan fingerprint density at radius 2 is 1.69 bits per heavy atom. The molecule has 1 fully saturated rings. The Balaban J connectivity index is 1.67. The van der Waals surface area contributed by atoms with Gasteiger partial charge in [-0.2, -0.15) is 0 Å². The molecule has 1 atom stereocenters. The molecule has 5 rings (SSSR count). The Kier molecular flexibility index (Phi) is 8.77. The van der Waals surface area contributed by atoms with Gasteiger partial charge >= 0.3 is 5.91 Å². The molecule has 1 aromatic heterocycles. The van der Waals surface area contributed by atoms with Crippen molar-refractivity contribution in [3.63, 3.8) is 0 Å². The molecule has 218 valence electrons. The lowest BCUT2D eigenvalue weighted by Gasteiger charge is -2.24. The summed E-state index contributed by atoms with van der Waals surface area (Å²) in [7, 11) is 0. The minimum atomic E-state index is -0.942. The number of aliphatic hydroxyl groups is 1. The lowest BCUT2D eigenvalue weighted by atomic mass is 9.95. The number of anilines is 1. The quantitative estimate of drug-likeness (QED) is 0.0858. The molecule has 0 spiro atoms. The third-order valence-corrected chi connectivity index (χ3v) is 7.99. The second kappa shape index (κ2) is 12.7. The number of aliphatic hydroxyl groups excluding tert-OH is 1. The van der Waals surface area contributed by atoms with Gasteiger partial charge in [0.1, 0.15) is 11.5 Å². The Hall–Kier alpha value is -4.37. The van der Waals surface area contributed by atoms with Gasteiger partial charge in [-0.1, -0.05) is 60.6 Å². The molecule has 1 aliphatic rings. The van der Waals surface area contributed by atoms with E-state index >= 15 is 0 Å². The Morgan fingerprint density at radius 1 is 0.929 bits per heavy atom. The van der Waals surface area contributed by atoms with Crippen LogP contribution in [0.3, 0.4) is 0 Å². The number of amides is 1. The van der Waals surface area contributed by atoms with Crippen LogP contribution in [0.25, 0.3) is 16.0 Å². The molecule has 0 saturated carbocycles. The number of hydrogen-bond acceptors (Lipinski definition) is 8. The maximum absolute atomic E-state index is 13.7. The number of aryl methyl sites for hydroxylation is 1. The fraction of sp³-hybridized carbons (Fsp3) is 0.303. The van der Waals surface area contributed by atoms with Crippen LogP contribution in [-0.4, -0.2) is 41.6 Å². The fourth-order valence-corrected chi connectivity index (χ4v) is 5.89. The number of nitrogens with zero attached hydrogens (tertiary/aromatic N) is 2. The summed E-state index contributed by atoms with van der Waals surface area (Å²) in [5.74, 6) is -0.0294. The molecule has 3 aromatic carbocycles. The van der Waals surface area contributed by atoms with Crippen LogP contribution in [0.1, 0.15) is 56.3 Å². The largest absolute Gasteiger partial charge is 0.507 e. The first-order valence-electron chi connectivity index (χ1n) is 14.2. The number of unbranched alkanes of at least 4 members (excludes halogenated alkanes) is 1. The van der Waals surface area contributed by atoms with Gasteiger partial charge in [0.25, 0.3) is 5.78 Å². The van der Waals surface area contributed by atoms with E-state index in [9.17, 15) is 14.7 Å². The van der Waals surface area contributed by atoms with Gasteiger partial charge in [-0.15, -0.1) is 0 Å². The van der Waals surface area contributed by atoms with Crippen molar-refractivity contribution in [3.05, 3.63) is 82.9 Å². The van der Waals surface area contributed by atoms with Crippen molar-refractivity contribution in [2.24, 2.45) is 0 Å². The third-order valence-electron chi connectivity index (χ3n) is 6.97. The lowest BCUT2D eigenvalue weighted by Crippen LogP contribution is -2.29. The predicted molar refractivity (Wildman–Crippen MR) is 165 cm³/mol. The summed E-state index contributed by atoms with van der Waals surface area (Å²) in [5.41, 5.74) is 2.69. The third kappa shape index (κ3) is 5.69. The summed E-state index contributed by atoms with van der Waals surface area (Å²) < 4.78 is 18.3. The zero-order valence-electron chi connectivity index (χ0n) is 24.2. The molecule has 1 amide bonds. The number of aromatic nitrogens is 1. The number of rotatable bonds is 11. The van der Waals surface area contributed by atoms with Crippen molar-refractivity contribution >= 4 is 44.1 Å². The summed E-state index contributed by atoms with van der Waals surface area (Å²) in [6.45, 7) is 9.27. The van der Waals surface area contributed by atoms with E-state index in [0.29, 0.717) is 58.8 Å². The van der Waals surface area contributed by atoms with Gasteiger partial charge < -0.3 is 19.3 Å². The first kappa shape index (κ1) is 29.1. The second-order valence-electron chi connectivity index (χ2n) is 9.94. The number of benzene rings is 3. The minimum Gasteiger partial charge on any atom is -0.507 e. The number of carbonyl (C=O) groups is 2. The molecule has 1 N–H and O–H groups in total. The molecular formula is C33H34N2O6S. The van der Waals surface area contributed by atoms with Crippen LogP contribution in [0.4, 0.5) is 5.13 Å². The fourth-order valence-electron chi connectivity index (χ4n) is 4.87. The molecule has 8 nitrogen and oxygen atoms in total. The summed E-state index contributed by atoms with van der Waals surface area (Å²) >= 11 is 1.28. The highest BCUT2D eigenvalue weighted by Gasteiger charge is 2.48. The Labute approximate surface area is 249 Å². The van der Waals surface area contributed by atoms with Crippen molar-refractivity contribution in [2.45, 2.75) is 46.6 Å². The van der Waals surface area contributed by atoms with Gasteiger partial charge in [0.15, 0.2) is 16.6 Å². The Bertz CT molecular complexity index is 1640. The monoisotopic (exact) mass is 586 g/mol. The zero-order chi connectivity index (χ0) is 29.8. The highest BCUT2D eigenvalue weighted by Crippen LogP contribution is 2.46. The van der Waals surface area contributed by atoms with Crippen molar-refractivity contribution in [1.29, 1.82) is 0 Å². The molecular weight excluding hydrogens is 552 g/mol. The van der Waals surface area contributed by atoms with Gasteiger partial charge in [0.2, 0.25) is 0 Å². The first-order valence-corrected chi connectivity index (χ1v) is 15.0.